The standard InChI is InChI=1S/C15H15N5O2S/c1-4-8-19-14(21)10-9-16-15(23-3)18-13(10)20(19)11-6-5-7-12(17-11)22-2/h4-7,9H,1,8H2,2-3H3. The largest absolute Gasteiger partial charge is 0.481 e. The Morgan fingerprint density at radius 2 is 2.22 bits per heavy atom. The zero-order chi connectivity index (χ0) is 16.4. The molecule has 3 aromatic heterocycles. The van der Waals surface area contributed by atoms with Crippen LogP contribution in [0.5, 0.6) is 5.88 Å². The lowest BCUT2D eigenvalue weighted by atomic mass is 10.4. The van der Waals surface area contributed by atoms with Crippen molar-refractivity contribution in [2.45, 2.75) is 11.7 Å². The molecule has 3 heterocycles. The molecule has 0 saturated carbocycles. The molecule has 0 radical (unpaired) electrons. The van der Waals surface area contributed by atoms with Gasteiger partial charge in [-0.1, -0.05) is 23.9 Å². The second kappa shape index (κ2) is 6.25. The van der Waals surface area contributed by atoms with Gasteiger partial charge in [-0.15, -0.1) is 6.58 Å². The molecular weight excluding hydrogens is 314 g/mol. The van der Waals surface area contributed by atoms with Crippen LogP contribution < -0.4 is 10.3 Å². The molecular formula is C15H15N5O2S. The zero-order valence-corrected chi connectivity index (χ0v) is 13.6. The fourth-order valence-electron chi connectivity index (χ4n) is 2.27. The van der Waals surface area contributed by atoms with Gasteiger partial charge in [0, 0.05) is 12.3 Å². The minimum Gasteiger partial charge on any atom is -0.481 e. The molecule has 0 bridgehead atoms. The van der Waals surface area contributed by atoms with Gasteiger partial charge in [0.15, 0.2) is 16.6 Å². The minimum atomic E-state index is -0.183. The molecule has 118 valence electrons. The highest BCUT2D eigenvalue weighted by Crippen LogP contribution is 2.18. The maximum atomic E-state index is 12.6. The van der Waals surface area contributed by atoms with E-state index in [2.05, 4.69) is 21.5 Å². The van der Waals surface area contributed by atoms with E-state index in [1.807, 2.05) is 12.3 Å². The summed E-state index contributed by atoms with van der Waals surface area (Å²) in [6, 6.07) is 5.35. The topological polar surface area (TPSA) is 74.8 Å². The fourth-order valence-corrected chi connectivity index (χ4v) is 2.60. The monoisotopic (exact) mass is 329 g/mol. The van der Waals surface area contributed by atoms with Gasteiger partial charge in [0.25, 0.3) is 5.56 Å². The van der Waals surface area contributed by atoms with Gasteiger partial charge >= 0.3 is 0 Å². The van der Waals surface area contributed by atoms with Crippen LogP contribution in [-0.2, 0) is 6.54 Å². The molecule has 3 rings (SSSR count). The first-order valence-corrected chi connectivity index (χ1v) is 8.07. The molecule has 0 aliphatic carbocycles. The van der Waals surface area contributed by atoms with Crippen molar-refractivity contribution in [2.75, 3.05) is 13.4 Å². The third-order valence-corrected chi connectivity index (χ3v) is 3.83. The average Bonchev–Trinajstić information content (AvgIpc) is 2.87. The van der Waals surface area contributed by atoms with Crippen molar-refractivity contribution < 1.29 is 4.74 Å². The van der Waals surface area contributed by atoms with Crippen LogP contribution >= 0.6 is 11.8 Å². The van der Waals surface area contributed by atoms with Gasteiger partial charge in [-0.2, -0.15) is 4.98 Å². The van der Waals surface area contributed by atoms with E-state index in [4.69, 9.17) is 4.74 Å². The number of nitrogens with zero attached hydrogens (tertiary/aromatic N) is 5. The SMILES string of the molecule is C=CCn1c(=O)c2cnc(SC)nc2n1-c1cccc(OC)n1. The molecule has 0 aliphatic rings. The summed E-state index contributed by atoms with van der Waals surface area (Å²) < 4.78 is 8.37. The van der Waals surface area contributed by atoms with Crippen molar-refractivity contribution in [1.82, 2.24) is 24.3 Å². The zero-order valence-electron chi connectivity index (χ0n) is 12.8. The van der Waals surface area contributed by atoms with Crippen molar-refractivity contribution in [3.05, 3.63) is 47.4 Å². The highest BCUT2D eigenvalue weighted by atomic mass is 32.2. The van der Waals surface area contributed by atoms with Crippen LogP contribution in [0.25, 0.3) is 16.9 Å². The van der Waals surface area contributed by atoms with Crippen molar-refractivity contribution in [3.63, 3.8) is 0 Å². The molecule has 0 spiro atoms. The third kappa shape index (κ3) is 2.61. The third-order valence-electron chi connectivity index (χ3n) is 3.27. The molecule has 3 aromatic rings. The highest BCUT2D eigenvalue weighted by molar-refractivity contribution is 7.98. The Morgan fingerprint density at radius 1 is 1.39 bits per heavy atom. The maximum Gasteiger partial charge on any atom is 0.278 e. The number of hydrogen-bond acceptors (Lipinski definition) is 6. The average molecular weight is 329 g/mol. The molecule has 0 unspecified atom stereocenters. The molecule has 0 fully saturated rings. The molecule has 23 heavy (non-hydrogen) atoms. The van der Waals surface area contributed by atoms with Gasteiger partial charge in [0.05, 0.1) is 13.7 Å². The predicted molar refractivity (Wildman–Crippen MR) is 89.5 cm³/mol. The van der Waals surface area contributed by atoms with Gasteiger partial charge < -0.3 is 4.74 Å². The van der Waals surface area contributed by atoms with Crippen molar-refractivity contribution in [1.29, 1.82) is 0 Å². The summed E-state index contributed by atoms with van der Waals surface area (Å²) in [7, 11) is 1.55. The van der Waals surface area contributed by atoms with Crippen LogP contribution in [0.4, 0.5) is 0 Å². The second-order valence-electron chi connectivity index (χ2n) is 4.62. The lowest BCUT2D eigenvalue weighted by Gasteiger charge is -2.10. The van der Waals surface area contributed by atoms with E-state index < -0.39 is 0 Å². The molecule has 7 nitrogen and oxygen atoms in total. The molecule has 0 aliphatic heterocycles. The summed E-state index contributed by atoms with van der Waals surface area (Å²) in [5.74, 6) is 1.00. The summed E-state index contributed by atoms with van der Waals surface area (Å²) in [5.41, 5.74) is 0.328. The van der Waals surface area contributed by atoms with E-state index in [0.29, 0.717) is 34.4 Å². The summed E-state index contributed by atoms with van der Waals surface area (Å²) in [6.07, 6.45) is 5.08. The Hall–Kier alpha value is -2.61. The smallest absolute Gasteiger partial charge is 0.278 e. The lowest BCUT2D eigenvalue weighted by Crippen LogP contribution is -2.22. The summed E-state index contributed by atoms with van der Waals surface area (Å²) >= 11 is 1.41. The number of aromatic nitrogens is 5. The first-order valence-electron chi connectivity index (χ1n) is 6.84. The minimum absolute atomic E-state index is 0.183. The van der Waals surface area contributed by atoms with E-state index in [1.54, 1.807) is 36.2 Å². The number of thioether (sulfide) groups is 1. The molecule has 0 aromatic carbocycles. The van der Waals surface area contributed by atoms with Gasteiger partial charge in [0.1, 0.15) is 5.39 Å². The van der Waals surface area contributed by atoms with Crippen LogP contribution in [0.15, 0.2) is 47.0 Å². The highest BCUT2D eigenvalue weighted by Gasteiger charge is 2.17. The molecule has 8 heteroatoms. The van der Waals surface area contributed by atoms with Crippen LogP contribution in [0.2, 0.25) is 0 Å². The Bertz CT molecular complexity index is 931. The quantitative estimate of drug-likeness (QED) is 0.404. The van der Waals surface area contributed by atoms with Gasteiger partial charge in [0.2, 0.25) is 5.88 Å². The molecule has 0 N–H and O–H groups in total. The molecule has 0 atom stereocenters. The number of rotatable bonds is 5. The van der Waals surface area contributed by atoms with E-state index in [-0.39, 0.29) is 5.56 Å². The Kier molecular flexibility index (Phi) is 4.16. The molecule has 0 saturated heterocycles. The van der Waals surface area contributed by atoms with Crippen LogP contribution in [-0.4, -0.2) is 37.7 Å². The summed E-state index contributed by atoms with van der Waals surface area (Å²) in [6.45, 7) is 4.05. The van der Waals surface area contributed by atoms with E-state index in [1.165, 1.54) is 16.4 Å². The van der Waals surface area contributed by atoms with Crippen LogP contribution in [0, 0.1) is 0 Å². The first kappa shape index (κ1) is 15.3. The van der Waals surface area contributed by atoms with Crippen LogP contribution in [0.1, 0.15) is 0 Å². The molecule has 0 amide bonds. The Morgan fingerprint density at radius 3 is 2.91 bits per heavy atom. The summed E-state index contributed by atoms with van der Waals surface area (Å²) in [4.78, 5) is 25.7. The van der Waals surface area contributed by atoms with E-state index >= 15 is 0 Å². The number of pyridine rings is 1. The Balaban J connectivity index is 2.37. The van der Waals surface area contributed by atoms with Crippen molar-refractivity contribution >= 4 is 22.8 Å². The van der Waals surface area contributed by atoms with Crippen molar-refractivity contribution in [3.8, 4) is 11.7 Å². The number of ether oxygens (including phenoxy) is 1. The number of allylic oxidation sites excluding steroid dienone is 1. The maximum absolute atomic E-state index is 12.6. The Labute approximate surface area is 136 Å². The van der Waals surface area contributed by atoms with Gasteiger partial charge in [-0.3, -0.25) is 4.79 Å². The van der Waals surface area contributed by atoms with Gasteiger partial charge in [-0.25, -0.2) is 19.3 Å². The normalized spacial score (nSPS) is 10.9. The number of methoxy groups -OCH3 is 1. The first-order chi connectivity index (χ1) is 11.2. The fraction of sp³-hybridized carbons (Fsp3) is 0.200. The summed E-state index contributed by atoms with van der Waals surface area (Å²) in [5, 5.41) is 1.03. The number of fused-ring (bicyclic) bond motifs is 1. The van der Waals surface area contributed by atoms with E-state index in [9.17, 15) is 4.79 Å². The number of hydrogen-bond donors (Lipinski definition) is 0. The van der Waals surface area contributed by atoms with E-state index in [0.717, 1.165) is 0 Å². The van der Waals surface area contributed by atoms with Gasteiger partial charge in [-0.05, 0) is 12.3 Å². The van der Waals surface area contributed by atoms with Crippen molar-refractivity contribution in [2.24, 2.45) is 0 Å². The predicted octanol–water partition coefficient (Wildman–Crippen LogP) is 1.89. The second-order valence-corrected chi connectivity index (χ2v) is 5.39. The lowest BCUT2D eigenvalue weighted by molar-refractivity contribution is 0.396. The van der Waals surface area contributed by atoms with Crippen LogP contribution in [0.3, 0.4) is 0 Å².